The van der Waals surface area contributed by atoms with Crippen molar-refractivity contribution in [3.05, 3.63) is 0 Å². The van der Waals surface area contributed by atoms with Crippen LogP contribution in [0.3, 0.4) is 0 Å². The summed E-state index contributed by atoms with van der Waals surface area (Å²) in [4.78, 5) is 24.5. The maximum absolute atomic E-state index is 12.4. The van der Waals surface area contributed by atoms with Gasteiger partial charge >= 0.3 is 11.9 Å². The molecule has 2 aliphatic rings. The number of esters is 2. The maximum atomic E-state index is 12.4. The summed E-state index contributed by atoms with van der Waals surface area (Å²) in [6, 6.07) is 0. The van der Waals surface area contributed by atoms with Gasteiger partial charge in [-0.1, -0.05) is 6.92 Å². The van der Waals surface area contributed by atoms with Crippen LogP contribution in [0.25, 0.3) is 0 Å². The van der Waals surface area contributed by atoms with E-state index in [4.69, 9.17) is 9.47 Å². The Labute approximate surface area is 140 Å². The third-order valence-electron chi connectivity index (χ3n) is 5.73. The van der Waals surface area contributed by atoms with Crippen LogP contribution in [0.2, 0.25) is 0 Å². The highest BCUT2D eigenvalue weighted by Gasteiger charge is 2.37. The highest BCUT2D eigenvalue weighted by atomic mass is 16.6. The van der Waals surface area contributed by atoms with Crippen LogP contribution in [0.4, 0.5) is 0 Å². The molecule has 23 heavy (non-hydrogen) atoms. The van der Waals surface area contributed by atoms with Crippen LogP contribution in [-0.2, 0) is 19.1 Å². The van der Waals surface area contributed by atoms with Crippen molar-refractivity contribution in [1.29, 1.82) is 0 Å². The molecule has 4 heteroatoms. The van der Waals surface area contributed by atoms with E-state index in [0.29, 0.717) is 0 Å². The van der Waals surface area contributed by atoms with E-state index in [2.05, 4.69) is 6.92 Å². The molecule has 132 valence electrons. The fourth-order valence-corrected chi connectivity index (χ4v) is 3.42. The van der Waals surface area contributed by atoms with E-state index in [0.717, 1.165) is 57.8 Å². The molecule has 0 bridgehead atoms. The molecule has 4 nitrogen and oxygen atoms in total. The fourth-order valence-electron chi connectivity index (χ4n) is 3.42. The van der Waals surface area contributed by atoms with Gasteiger partial charge < -0.3 is 9.47 Å². The number of ether oxygens (including phenoxy) is 2. The first-order chi connectivity index (χ1) is 10.8. The summed E-state index contributed by atoms with van der Waals surface area (Å²) in [7, 11) is 0. The van der Waals surface area contributed by atoms with Gasteiger partial charge in [-0.15, -0.1) is 0 Å². The molecule has 2 aliphatic carbocycles. The third-order valence-corrected chi connectivity index (χ3v) is 5.73. The molecule has 0 atom stereocenters. The van der Waals surface area contributed by atoms with Gasteiger partial charge in [-0.25, -0.2) is 0 Å². The summed E-state index contributed by atoms with van der Waals surface area (Å²) in [5.41, 5.74) is -0.668. The second-order valence-corrected chi connectivity index (χ2v) is 8.19. The quantitative estimate of drug-likeness (QED) is 0.703. The molecule has 0 radical (unpaired) electrons. The number of hydrogen-bond donors (Lipinski definition) is 0. The van der Waals surface area contributed by atoms with Gasteiger partial charge in [-0.3, -0.25) is 9.59 Å². The number of carbonyl (C=O) groups excluding carboxylic acids is 2. The van der Waals surface area contributed by atoms with Gasteiger partial charge in [0.05, 0.1) is 11.3 Å². The number of carbonyl (C=O) groups is 2. The van der Waals surface area contributed by atoms with Crippen LogP contribution >= 0.6 is 0 Å². The Balaban J connectivity index is 1.77. The standard InChI is InChI=1S/C19H32O4/c1-5-18(2,3)17(21)22-15-10-8-14(9-11-15)16(20)23-19(4)12-6-7-13-19/h14-15H,5-13H2,1-4H3. The second kappa shape index (κ2) is 7.23. The van der Waals surface area contributed by atoms with Crippen molar-refractivity contribution < 1.29 is 19.1 Å². The zero-order chi connectivity index (χ0) is 17.1. The van der Waals surface area contributed by atoms with E-state index in [9.17, 15) is 9.59 Å². The van der Waals surface area contributed by atoms with E-state index >= 15 is 0 Å². The zero-order valence-corrected chi connectivity index (χ0v) is 15.2. The summed E-state index contributed by atoms with van der Waals surface area (Å²) in [6.45, 7) is 7.89. The summed E-state index contributed by atoms with van der Waals surface area (Å²) < 4.78 is 11.4. The van der Waals surface area contributed by atoms with Crippen LogP contribution in [0.15, 0.2) is 0 Å². The van der Waals surface area contributed by atoms with Gasteiger partial charge in [0, 0.05) is 0 Å². The minimum atomic E-state index is -0.424. The van der Waals surface area contributed by atoms with Gasteiger partial charge in [0.25, 0.3) is 0 Å². The van der Waals surface area contributed by atoms with Crippen molar-refractivity contribution in [2.75, 3.05) is 0 Å². The average molecular weight is 324 g/mol. The van der Waals surface area contributed by atoms with E-state index in [1.54, 1.807) is 0 Å². The highest BCUT2D eigenvalue weighted by Crippen LogP contribution is 2.36. The predicted octanol–water partition coefficient (Wildman–Crippen LogP) is 4.40. The summed E-state index contributed by atoms with van der Waals surface area (Å²) in [5.74, 6) is -0.195. The lowest BCUT2D eigenvalue weighted by Gasteiger charge is -2.32. The summed E-state index contributed by atoms with van der Waals surface area (Å²) >= 11 is 0. The van der Waals surface area contributed by atoms with E-state index in [1.165, 1.54) is 0 Å². The molecule has 0 aromatic heterocycles. The van der Waals surface area contributed by atoms with Crippen molar-refractivity contribution in [3.8, 4) is 0 Å². The van der Waals surface area contributed by atoms with E-state index in [1.807, 2.05) is 20.8 Å². The van der Waals surface area contributed by atoms with E-state index in [-0.39, 0.29) is 29.6 Å². The Bertz CT molecular complexity index is 427. The molecule has 0 aromatic carbocycles. The van der Waals surface area contributed by atoms with Gasteiger partial charge in [0.2, 0.25) is 0 Å². The number of rotatable bonds is 5. The third kappa shape index (κ3) is 4.71. The lowest BCUT2D eigenvalue weighted by atomic mass is 9.86. The summed E-state index contributed by atoms with van der Waals surface area (Å²) in [6.07, 6.45) is 8.06. The van der Waals surface area contributed by atoms with Gasteiger partial charge in [-0.05, 0) is 78.6 Å². The predicted molar refractivity (Wildman–Crippen MR) is 88.9 cm³/mol. The van der Waals surface area contributed by atoms with Crippen LogP contribution in [0.5, 0.6) is 0 Å². The van der Waals surface area contributed by atoms with Crippen molar-refractivity contribution >= 4 is 11.9 Å². The Hall–Kier alpha value is -1.06. The molecule has 0 saturated heterocycles. The van der Waals surface area contributed by atoms with Crippen molar-refractivity contribution in [1.82, 2.24) is 0 Å². The average Bonchev–Trinajstić information content (AvgIpc) is 2.94. The molecule has 0 spiro atoms. The topological polar surface area (TPSA) is 52.6 Å². The maximum Gasteiger partial charge on any atom is 0.311 e. The first-order valence-electron chi connectivity index (χ1n) is 9.20. The molecule has 0 unspecified atom stereocenters. The lowest BCUT2D eigenvalue weighted by Crippen LogP contribution is -2.36. The van der Waals surface area contributed by atoms with Crippen LogP contribution in [0, 0.1) is 11.3 Å². The molecule has 2 saturated carbocycles. The lowest BCUT2D eigenvalue weighted by molar-refractivity contribution is -0.167. The summed E-state index contributed by atoms with van der Waals surface area (Å²) in [5, 5.41) is 0. The number of hydrogen-bond acceptors (Lipinski definition) is 4. The molecule has 2 fully saturated rings. The Morgan fingerprint density at radius 2 is 1.65 bits per heavy atom. The minimum absolute atomic E-state index is 0.0263. The minimum Gasteiger partial charge on any atom is -0.462 e. The monoisotopic (exact) mass is 324 g/mol. The van der Waals surface area contributed by atoms with Crippen molar-refractivity contribution in [2.24, 2.45) is 11.3 Å². The fraction of sp³-hybridized carbons (Fsp3) is 0.895. The van der Waals surface area contributed by atoms with Crippen LogP contribution in [0.1, 0.15) is 85.5 Å². The van der Waals surface area contributed by atoms with Crippen molar-refractivity contribution in [2.45, 2.75) is 97.2 Å². The van der Waals surface area contributed by atoms with Gasteiger partial charge in [-0.2, -0.15) is 0 Å². The molecular weight excluding hydrogens is 292 g/mol. The largest absolute Gasteiger partial charge is 0.462 e. The van der Waals surface area contributed by atoms with Gasteiger partial charge in [0.1, 0.15) is 11.7 Å². The molecule has 0 amide bonds. The zero-order valence-electron chi connectivity index (χ0n) is 15.2. The Morgan fingerprint density at radius 1 is 1.09 bits per heavy atom. The van der Waals surface area contributed by atoms with Gasteiger partial charge in [0.15, 0.2) is 0 Å². The SMILES string of the molecule is CCC(C)(C)C(=O)OC1CCC(C(=O)OC2(C)CCCC2)CC1. The molecular formula is C19H32O4. The Morgan fingerprint density at radius 3 is 2.17 bits per heavy atom. The Kier molecular flexibility index (Phi) is 5.74. The van der Waals surface area contributed by atoms with Crippen LogP contribution < -0.4 is 0 Å². The normalized spacial score (nSPS) is 27.5. The second-order valence-electron chi connectivity index (χ2n) is 8.19. The molecule has 0 heterocycles. The molecule has 0 aliphatic heterocycles. The first-order valence-corrected chi connectivity index (χ1v) is 9.20. The first kappa shape index (κ1) is 18.3. The molecule has 0 N–H and O–H groups in total. The smallest absolute Gasteiger partial charge is 0.311 e. The molecule has 2 rings (SSSR count). The van der Waals surface area contributed by atoms with Crippen LogP contribution in [-0.4, -0.2) is 23.6 Å². The van der Waals surface area contributed by atoms with Crippen molar-refractivity contribution in [3.63, 3.8) is 0 Å². The molecule has 0 aromatic rings. The van der Waals surface area contributed by atoms with E-state index < -0.39 is 5.41 Å². The highest BCUT2D eigenvalue weighted by molar-refractivity contribution is 5.76.